The van der Waals surface area contributed by atoms with Gasteiger partial charge in [-0.1, -0.05) is 78.9 Å². The van der Waals surface area contributed by atoms with E-state index >= 15 is 0 Å². The number of halogens is 6. The third-order valence-electron chi connectivity index (χ3n) is 9.64. The third-order valence-corrected chi connectivity index (χ3v) is 9.64. The van der Waals surface area contributed by atoms with Crippen molar-refractivity contribution in [3.05, 3.63) is 119 Å². The van der Waals surface area contributed by atoms with Gasteiger partial charge >= 0.3 is 12.4 Å². The summed E-state index contributed by atoms with van der Waals surface area (Å²) in [6, 6.07) is 24.0. The average molecular weight is 694 g/mol. The van der Waals surface area contributed by atoms with Crippen molar-refractivity contribution < 1.29 is 35.9 Å². The van der Waals surface area contributed by atoms with Gasteiger partial charge in [0, 0.05) is 24.7 Å². The Morgan fingerprint density at radius 3 is 1.86 bits per heavy atom. The minimum absolute atomic E-state index is 0.116. The molecule has 1 saturated heterocycles. The van der Waals surface area contributed by atoms with Crippen molar-refractivity contribution in [2.75, 3.05) is 19.6 Å². The molecule has 0 radical (unpaired) electrons. The van der Waals surface area contributed by atoms with Crippen LogP contribution in [0.25, 0.3) is 22.3 Å². The molecule has 0 spiro atoms. The topological polar surface area (TPSA) is 61.4 Å². The number of unbranched alkanes of at least 4 members (excludes halogenated alkanes) is 1. The average Bonchev–Trinajstić information content (AvgIpc) is 3.44. The molecule has 0 bridgehead atoms. The van der Waals surface area contributed by atoms with E-state index in [1.54, 1.807) is 48.5 Å². The Morgan fingerprint density at radius 1 is 0.720 bits per heavy atom. The summed E-state index contributed by atoms with van der Waals surface area (Å²) in [5.74, 6) is -1.77. The van der Waals surface area contributed by atoms with Crippen molar-refractivity contribution in [3.63, 3.8) is 0 Å². The van der Waals surface area contributed by atoms with Crippen molar-refractivity contribution in [3.8, 4) is 22.3 Å². The minimum Gasteiger partial charge on any atom is -0.349 e. The lowest BCUT2D eigenvalue weighted by atomic mass is 9.95. The lowest BCUT2D eigenvalue weighted by Gasteiger charge is -2.32. The number of piperidine rings is 1. The van der Waals surface area contributed by atoms with Crippen molar-refractivity contribution in [1.82, 2.24) is 15.5 Å². The smallest absolute Gasteiger partial charge is 0.349 e. The number of likely N-dealkylation sites (tertiary alicyclic amines) is 1. The van der Waals surface area contributed by atoms with Crippen LogP contribution in [0.5, 0.6) is 0 Å². The number of alkyl halides is 6. The number of nitrogens with zero attached hydrogens (tertiary/aromatic N) is 1. The Labute approximate surface area is 286 Å². The number of hydrogen-bond acceptors (Lipinski definition) is 3. The van der Waals surface area contributed by atoms with Gasteiger partial charge in [-0.2, -0.15) is 26.3 Å². The van der Waals surface area contributed by atoms with Gasteiger partial charge in [-0.05, 0) is 90.2 Å². The highest BCUT2D eigenvalue weighted by Gasteiger charge is 2.43. The SMILES string of the molecule is O=C(NC1CCN(CCCCC(NC(=O)C2c3ccccc3-c3ccccc32)C(F)(F)F)CC1)c1ccccc1-c1ccc(C(F)(F)F)cc1. The first-order chi connectivity index (χ1) is 23.9. The van der Waals surface area contributed by atoms with Crippen molar-refractivity contribution >= 4 is 11.8 Å². The van der Waals surface area contributed by atoms with Crippen molar-refractivity contribution in [2.24, 2.45) is 0 Å². The number of nitrogens with one attached hydrogen (secondary N) is 2. The van der Waals surface area contributed by atoms with Crippen LogP contribution in [0, 0.1) is 0 Å². The predicted molar refractivity (Wildman–Crippen MR) is 179 cm³/mol. The van der Waals surface area contributed by atoms with E-state index in [4.69, 9.17) is 0 Å². The Hall–Kier alpha value is -4.64. The first-order valence-electron chi connectivity index (χ1n) is 16.8. The molecule has 0 saturated carbocycles. The Bertz CT molecular complexity index is 1770. The number of amides is 2. The van der Waals surface area contributed by atoms with Gasteiger partial charge in [0.05, 0.1) is 11.5 Å². The summed E-state index contributed by atoms with van der Waals surface area (Å²) in [6.07, 6.45) is -7.16. The molecule has 0 aromatic heterocycles. The normalized spacial score (nSPS) is 16.0. The quantitative estimate of drug-likeness (QED) is 0.129. The molecule has 1 aliphatic carbocycles. The fourth-order valence-electron chi connectivity index (χ4n) is 7.03. The zero-order chi connectivity index (χ0) is 35.5. The fraction of sp³-hybridized carbons (Fsp3) is 0.333. The van der Waals surface area contributed by atoms with Gasteiger partial charge in [-0.3, -0.25) is 9.59 Å². The van der Waals surface area contributed by atoms with E-state index < -0.39 is 35.8 Å². The van der Waals surface area contributed by atoms with Crippen LogP contribution in [-0.4, -0.2) is 54.6 Å². The largest absolute Gasteiger partial charge is 0.416 e. The van der Waals surface area contributed by atoms with Crippen LogP contribution in [-0.2, 0) is 11.0 Å². The summed E-state index contributed by atoms with van der Waals surface area (Å²) in [6.45, 7) is 1.91. The van der Waals surface area contributed by atoms with E-state index in [2.05, 4.69) is 15.5 Å². The Morgan fingerprint density at radius 2 is 1.28 bits per heavy atom. The molecule has 6 rings (SSSR count). The van der Waals surface area contributed by atoms with Crippen LogP contribution < -0.4 is 10.6 Å². The second-order valence-electron chi connectivity index (χ2n) is 12.9. The predicted octanol–water partition coefficient (Wildman–Crippen LogP) is 8.60. The lowest BCUT2D eigenvalue weighted by Crippen LogP contribution is -2.47. The van der Waals surface area contributed by atoms with Gasteiger partial charge in [0.15, 0.2) is 0 Å². The summed E-state index contributed by atoms with van der Waals surface area (Å²) in [7, 11) is 0. The highest BCUT2D eigenvalue weighted by molar-refractivity contribution is 6.01. The standard InChI is InChI=1S/C39H37F6N3O2/c40-38(41,42)26-18-16-25(17-19-26)28-9-1-6-14-33(28)36(49)46-27-20-23-48(24-21-27)22-8-7-15-34(39(43,44)45)47-37(50)35-31-12-4-2-10-29(31)30-11-3-5-13-32(30)35/h1-6,9-14,16-19,27,34-35H,7-8,15,20-24H2,(H,46,49)(H,47,50). The number of benzene rings is 4. The first kappa shape index (κ1) is 35.2. The van der Waals surface area contributed by atoms with E-state index in [-0.39, 0.29) is 24.8 Å². The van der Waals surface area contributed by atoms with Crippen molar-refractivity contribution in [2.45, 2.75) is 62.5 Å². The molecule has 2 aliphatic rings. The van der Waals surface area contributed by atoms with Gasteiger partial charge < -0.3 is 15.5 Å². The molecule has 11 heteroatoms. The molecule has 50 heavy (non-hydrogen) atoms. The monoisotopic (exact) mass is 693 g/mol. The van der Waals surface area contributed by atoms with Gasteiger partial charge in [-0.15, -0.1) is 0 Å². The Balaban J connectivity index is 0.975. The second-order valence-corrected chi connectivity index (χ2v) is 12.9. The summed E-state index contributed by atoms with van der Waals surface area (Å²) in [5.41, 5.74) is 3.75. The van der Waals surface area contributed by atoms with Crippen LogP contribution in [0.4, 0.5) is 26.3 Å². The molecule has 5 nitrogen and oxygen atoms in total. The van der Waals surface area contributed by atoms with Gasteiger partial charge in [0.25, 0.3) is 5.91 Å². The maximum atomic E-state index is 14.1. The highest BCUT2D eigenvalue weighted by Crippen LogP contribution is 2.45. The summed E-state index contributed by atoms with van der Waals surface area (Å²) >= 11 is 0. The minimum atomic E-state index is -4.59. The van der Waals surface area contributed by atoms with E-state index in [0.29, 0.717) is 66.7 Å². The van der Waals surface area contributed by atoms with E-state index in [1.165, 1.54) is 12.1 Å². The van der Waals surface area contributed by atoms with E-state index in [1.807, 2.05) is 24.3 Å². The second kappa shape index (κ2) is 14.7. The van der Waals surface area contributed by atoms with Crippen LogP contribution in [0.1, 0.15) is 65.1 Å². The molecule has 1 aliphatic heterocycles. The van der Waals surface area contributed by atoms with Crippen LogP contribution in [0.2, 0.25) is 0 Å². The summed E-state index contributed by atoms with van der Waals surface area (Å²) in [5, 5.41) is 5.36. The van der Waals surface area contributed by atoms with Gasteiger partial charge in [0.2, 0.25) is 5.91 Å². The molecule has 2 amide bonds. The number of hydrogen-bond donors (Lipinski definition) is 2. The zero-order valence-corrected chi connectivity index (χ0v) is 27.2. The summed E-state index contributed by atoms with van der Waals surface area (Å²) < 4.78 is 81.3. The van der Waals surface area contributed by atoms with Crippen LogP contribution in [0.3, 0.4) is 0 Å². The van der Waals surface area contributed by atoms with Crippen LogP contribution in [0.15, 0.2) is 97.1 Å². The molecule has 1 unspecified atom stereocenters. The fourth-order valence-corrected chi connectivity index (χ4v) is 7.03. The maximum Gasteiger partial charge on any atom is 0.416 e. The van der Waals surface area contributed by atoms with Crippen LogP contribution >= 0.6 is 0 Å². The van der Waals surface area contributed by atoms with Crippen molar-refractivity contribution in [1.29, 1.82) is 0 Å². The molecule has 262 valence electrons. The molecule has 4 aromatic carbocycles. The molecule has 2 N–H and O–H groups in total. The van der Waals surface area contributed by atoms with E-state index in [9.17, 15) is 35.9 Å². The molecular formula is C39H37F6N3O2. The number of carbonyl (C=O) groups is 2. The maximum absolute atomic E-state index is 14.1. The molecule has 4 aromatic rings. The first-order valence-corrected chi connectivity index (χ1v) is 16.8. The molecule has 1 atom stereocenters. The number of carbonyl (C=O) groups excluding carboxylic acids is 2. The summed E-state index contributed by atoms with van der Waals surface area (Å²) in [4.78, 5) is 28.7. The third kappa shape index (κ3) is 7.88. The van der Waals surface area contributed by atoms with Gasteiger partial charge in [-0.25, -0.2) is 0 Å². The molecule has 1 fully saturated rings. The number of fused-ring (bicyclic) bond motifs is 3. The highest BCUT2D eigenvalue weighted by atomic mass is 19.4. The van der Waals surface area contributed by atoms with Gasteiger partial charge in [0.1, 0.15) is 6.04 Å². The Kier molecular flexibility index (Phi) is 10.3. The number of rotatable bonds is 10. The molecule has 1 heterocycles. The molecular weight excluding hydrogens is 656 g/mol. The van der Waals surface area contributed by atoms with E-state index in [0.717, 1.165) is 23.3 Å². The lowest BCUT2D eigenvalue weighted by molar-refractivity contribution is -0.163. The zero-order valence-electron chi connectivity index (χ0n) is 27.2.